The lowest BCUT2D eigenvalue weighted by Gasteiger charge is -2.24. The Hall–Kier alpha value is -6.81. The largest absolute Gasteiger partial charge is 0.354 e. The van der Waals surface area contributed by atoms with E-state index in [-0.39, 0.29) is 42.3 Å². The van der Waals surface area contributed by atoms with Crippen molar-refractivity contribution in [2.75, 3.05) is 23.7 Å². The van der Waals surface area contributed by atoms with E-state index in [1.165, 1.54) is 0 Å². The lowest BCUT2D eigenvalue weighted by atomic mass is 9.97. The van der Waals surface area contributed by atoms with E-state index < -0.39 is 12.1 Å². The molecule has 0 spiro atoms. The zero-order chi connectivity index (χ0) is 39.3. The molecule has 0 radical (unpaired) electrons. The van der Waals surface area contributed by atoms with Crippen molar-refractivity contribution in [2.45, 2.75) is 50.6 Å². The number of H-pyrrole nitrogens is 1. The van der Waals surface area contributed by atoms with Crippen molar-refractivity contribution in [3.05, 3.63) is 156 Å². The van der Waals surface area contributed by atoms with Gasteiger partial charge in [0, 0.05) is 40.9 Å². The number of anilines is 2. The number of fused-ring (bicyclic) bond motifs is 1. The lowest BCUT2D eigenvalue weighted by molar-refractivity contribution is -0.136. The minimum absolute atomic E-state index is 0.0687. The Bertz CT molecular complexity index is 2430. The van der Waals surface area contributed by atoms with Crippen LogP contribution in [0.25, 0.3) is 22.2 Å². The number of likely N-dealkylation sites (tertiary alicyclic amines) is 2. The van der Waals surface area contributed by atoms with Crippen LogP contribution in [0.15, 0.2) is 133 Å². The van der Waals surface area contributed by atoms with Crippen molar-refractivity contribution < 1.29 is 24.0 Å². The zero-order valence-electron chi connectivity index (χ0n) is 31.4. The molecule has 2 aliphatic heterocycles. The van der Waals surface area contributed by atoms with Gasteiger partial charge in [-0.1, -0.05) is 103 Å². The van der Waals surface area contributed by atoms with Gasteiger partial charge in [0.15, 0.2) is 5.78 Å². The molecular weight excluding hydrogens is 715 g/mol. The molecule has 6 aromatic rings. The molecule has 0 saturated carbocycles. The quantitative estimate of drug-likeness (QED) is 0.119. The van der Waals surface area contributed by atoms with Crippen LogP contribution in [0.3, 0.4) is 0 Å². The second-order valence-corrected chi connectivity index (χ2v) is 14.7. The number of aromatic nitrogens is 1. The van der Waals surface area contributed by atoms with Crippen molar-refractivity contribution in [1.29, 1.82) is 0 Å². The maximum Gasteiger partial charge on any atom is 0.247 e. The number of aromatic amines is 1. The molecule has 1 unspecified atom stereocenters. The van der Waals surface area contributed by atoms with Gasteiger partial charge < -0.3 is 25.4 Å². The number of benzene rings is 5. The van der Waals surface area contributed by atoms with E-state index in [2.05, 4.69) is 15.6 Å². The van der Waals surface area contributed by atoms with E-state index >= 15 is 0 Å². The summed E-state index contributed by atoms with van der Waals surface area (Å²) in [5, 5.41) is 6.66. The van der Waals surface area contributed by atoms with Gasteiger partial charge in [-0.05, 0) is 72.7 Å². The summed E-state index contributed by atoms with van der Waals surface area (Å²) in [5.41, 5.74) is 5.91. The van der Waals surface area contributed by atoms with Gasteiger partial charge in [0.25, 0.3) is 0 Å². The van der Waals surface area contributed by atoms with Gasteiger partial charge in [-0.2, -0.15) is 0 Å². The summed E-state index contributed by atoms with van der Waals surface area (Å²) in [6.07, 6.45) is 3.15. The van der Waals surface area contributed by atoms with Crippen LogP contribution in [0.1, 0.15) is 52.7 Å². The van der Waals surface area contributed by atoms with Crippen molar-refractivity contribution in [2.24, 2.45) is 0 Å². The highest BCUT2D eigenvalue weighted by Gasteiger charge is 2.35. The van der Waals surface area contributed by atoms with Crippen LogP contribution in [0.4, 0.5) is 11.4 Å². The van der Waals surface area contributed by atoms with Crippen LogP contribution >= 0.6 is 0 Å². The third-order valence-corrected chi connectivity index (χ3v) is 10.9. The Morgan fingerprint density at radius 3 is 1.61 bits per heavy atom. The molecule has 4 amide bonds. The predicted octanol–water partition coefficient (Wildman–Crippen LogP) is 7.41. The number of carbonyl (C=O) groups excluding carboxylic acids is 5. The minimum atomic E-state index is -0.588. The number of ketones is 1. The molecule has 2 fully saturated rings. The van der Waals surface area contributed by atoms with Crippen LogP contribution in [-0.2, 0) is 32.0 Å². The average molecular weight is 758 g/mol. The van der Waals surface area contributed by atoms with Crippen LogP contribution in [-0.4, -0.2) is 69.4 Å². The molecule has 0 bridgehead atoms. The molecule has 2 saturated heterocycles. The first-order valence-electron chi connectivity index (χ1n) is 19.5. The normalized spacial score (nSPS) is 16.4. The van der Waals surface area contributed by atoms with Gasteiger partial charge in [0.2, 0.25) is 23.6 Å². The molecule has 2 aliphatic rings. The van der Waals surface area contributed by atoms with Crippen LogP contribution in [0.2, 0.25) is 0 Å². The fourth-order valence-electron chi connectivity index (χ4n) is 8.05. The number of amides is 4. The van der Waals surface area contributed by atoms with Gasteiger partial charge in [-0.15, -0.1) is 0 Å². The summed E-state index contributed by atoms with van der Waals surface area (Å²) in [6.45, 7) is 1.07. The number of hydrogen-bond donors (Lipinski definition) is 3. The van der Waals surface area contributed by atoms with Gasteiger partial charge in [0.05, 0.1) is 24.1 Å². The van der Waals surface area contributed by atoms with E-state index in [0.29, 0.717) is 65.0 Å². The van der Waals surface area contributed by atoms with Gasteiger partial charge >= 0.3 is 0 Å². The molecule has 1 aromatic heterocycles. The standard InChI is InChI=1S/C47H43N5O5/c53-41(28-31-12-4-1-5-13-31)51-26-10-18-39(51)46(56)48-35-22-20-33(21-23-35)44-43(45(55)34-16-8-3-9-17-34)37-30-36(24-25-38(37)50-44)49-47(57)40-19-11-27-52(40)42(54)29-32-14-6-2-7-15-32/h1-9,12-17,20-25,30,39-40,50H,10-11,18-19,26-29H2,(H,48,56)(H,49,57)/t39?,40-/m0/s1. The number of rotatable bonds is 11. The maximum absolute atomic E-state index is 14.2. The van der Waals surface area contributed by atoms with E-state index in [1.54, 1.807) is 46.2 Å². The highest BCUT2D eigenvalue weighted by Crippen LogP contribution is 2.35. The lowest BCUT2D eigenvalue weighted by Crippen LogP contribution is -2.43. The van der Waals surface area contributed by atoms with E-state index in [9.17, 15) is 24.0 Å². The molecular formula is C47H43N5O5. The monoisotopic (exact) mass is 757 g/mol. The number of carbonyl (C=O) groups is 5. The predicted molar refractivity (Wildman–Crippen MR) is 221 cm³/mol. The van der Waals surface area contributed by atoms with Gasteiger partial charge in [0.1, 0.15) is 12.1 Å². The van der Waals surface area contributed by atoms with Crippen molar-refractivity contribution >= 4 is 51.7 Å². The second-order valence-electron chi connectivity index (χ2n) is 14.7. The molecule has 8 rings (SSSR count). The summed E-state index contributed by atoms with van der Waals surface area (Å²) in [6, 6.07) is 39.7. The Labute approximate surface area is 330 Å². The van der Waals surface area contributed by atoms with Crippen molar-refractivity contribution in [1.82, 2.24) is 14.8 Å². The van der Waals surface area contributed by atoms with Gasteiger partial charge in [-0.25, -0.2) is 0 Å². The van der Waals surface area contributed by atoms with Crippen molar-refractivity contribution in [3.63, 3.8) is 0 Å². The Balaban J connectivity index is 1.02. The molecule has 10 nitrogen and oxygen atoms in total. The first kappa shape index (κ1) is 37.1. The van der Waals surface area contributed by atoms with Crippen molar-refractivity contribution in [3.8, 4) is 11.3 Å². The van der Waals surface area contributed by atoms with Gasteiger partial charge in [-0.3, -0.25) is 24.0 Å². The molecule has 57 heavy (non-hydrogen) atoms. The third-order valence-electron chi connectivity index (χ3n) is 10.9. The Morgan fingerprint density at radius 2 is 1.07 bits per heavy atom. The van der Waals surface area contributed by atoms with E-state index in [0.717, 1.165) is 29.5 Å². The highest BCUT2D eigenvalue weighted by atomic mass is 16.2. The van der Waals surface area contributed by atoms with E-state index in [4.69, 9.17) is 0 Å². The molecule has 3 heterocycles. The third kappa shape index (κ3) is 8.11. The second kappa shape index (κ2) is 16.5. The average Bonchev–Trinajstić information content (AvgIpc) is 4.02. The Kier molecular flexibility index (Phi) is 10.8. The van der Waals surface area contributed by atoms with Crippen LogP contribution in [0, 0.1) is 0 Å². The molecule has 286 valence electrons. The van der Waals surface area contributed by atoms with E-state index in [1.807, 2.05) is 97.1 Å². The first-order chi connectivity index (χ1) is 27.8. The molecule has 0 aliphatic carbocycles. The summed E-state index contributed by atoms with van der Waals surface area (Å²) in [5.74, 6) is -0.837. The van der Waals surface area contributed by atoms with Crippen LogP contribution in [0.5, 0.6) is 0 Å². The molecule has 3 N–H and O–H groups in total. The van der Waals surface area contributed by atoms with Crippen LogP contribution < -0.4 is 10.6 Å². The fourth-order valence-corrected chi connectivity index (χ4v) is 8.05. The summed E-state index contributed by atoms with van der Waals surface area (Å²) >= 11 is 0. The summed E-state index contributed by atoms with van der Waals surface area (Å²) in [4.78, 5) is 74.6. The Morgan fingerprint density at radius 1 is 0.579 bits per heavy atom. The number of nitrogens with zero attached hydrogens (tertiary/aromatic N) is 2. The topological polar surface area (TPSA) is 132 Å². The first-order valence-corrected chi connectivity index (χ1v) is 19.5. The summed E-state index contributed by atoms with van der Waals surface area (Å²) < 4.78 is 0. The minimum Gasteiger partial charge on any atom is -0.354 e. The zero-order valence-corrected chi connectivity index (χ0v) is 31.4. The smallest absolute Gasteiger partial charge is 0.247 e. The molecule has 5 aromatic carbocycles. The maximum atomic E-state index is 14.2. The summed E-state index contributed by atoms with van der Waals surface area (Å²) in [7, 11) is 0. The SMILES string of the molecule is O=C(c1ccccc1)c1c(-c2ccc(NC(=O)C3CCCN3C(=O)Cc3ccccc3)cc2)[nH]c2ccc(NC(=O)[C@@H]3CCCN3C(=O)Cc3ccccc3)cc12. The number of hydrogen-bond acceptors (Lipinski definition) is 5. The number of nitrogens with one attached hydrogen (secondary N) is 3. The highest BCUT2D eigenvalue weighted by molar-refractivity contribution is 6.21. The molecule has 10 heteroatoms. The fraction of sp³-hybridized carbons (Fsp3) is 0.213. The molecule has 2 atom stereocenters.